The van der Waals surface area contributed by atoms with Gasteiger partial charge in [0.2, 0.25) is 5.95 Å². The Balaban J connectivity index is 1.79. The van der Waals surface area contributed by atoms with Gasteiger partial charge in [0.05, 0.1) is 11.4 Å². The van der Waals surface area contributed by atoms with Crippen LogP contribution in [0.2, 0.25) is 10.0 Å². The van der Waals surface area contributed by atoms with Crippen molar-refractivity contribution in [1.82, 2.24) is 9.97 Å². The summed E-state index contributed by atoms with van der Waals surface area (Å²) < 4.78 is 0. The van der Waals surface area contributed by atoms with Crippen molar-refractivity contribution in [2.24, 2.45) is 5.16 Å². The lowest BCUT2D eigenvalue weighted by Gasteiger charge is -2.17. The topological polar surface area (TPSA) is 99.4 Å². The van der Waals surface area contributed by atoms with Gasteiger partial charge in [-0.15, -0.1) is 0 Å². The lowest BCUT2D eigenvalue weighted by molar-refractivity contribution is 0.338. The van der Waals surface area contributed by atoms with E-state index in [0.29, 0.717) is 34.5 Å². The molecule has 4 N–H and O–H groups in total. The predicted octanol–water partition coefficient (Wildman–Crippen LogP) is 2.87. The fourth-order valence-electron chi connectivity index (χ4n) is 2.30. The highest BCUT2D eigenvalue weighted by Crippen LogP contribution is 2.26. The molecule has 0 unspecified atom stereocenters. The number of oxime groups is 1. The second kappa shape index (κ2) is 5.98. The molecule has 6 nitrogen and oxygen atoms in total. The molecule has 0 bridgehead atoms. The Morgan fingerprint density at radius 1 is 1.05 bits per heavy atom. The summed E-state index contributed by atoms with van der Waals surface area (Å²) in [7, 11) is 0. The first-order chi connectivity index (χ1) is 10.5. The summed E-state index contributed by atoms with van der Waals surface area (Å²) in [6.07, 6.45) is 1.96. The first-order valence-electron chi connectivity index (χ1n) is 6.61. The zero-order chi connectivity index (χ0) is 15.7. The average Bonchev–Trinajstić information content (AvgIpc) is 2.44. The molecular formula is C14H13Cl2N5O. The molecule has 8 heteroatoms. The smallest absolute Gasteiger partial charge is 0.222 e. The molecule has 0 aliphatic heterocycles. The molecular weight excluding hydrogens is 325 g/mol. The van der Waals surface area contributed by atoms with Gasteiger partial charge in [-0.25, -0.2) is 4.98 Å². The molecule has 1 aliphatic carbocycles. The van der Waals surface area contributed by atoms with Crippen LogP contribution in [0, 0.1) is 0 Å². The minimum absolute atomic E-state index is 0.196. The molecule has 1 aromatic heterocycles. The maximum atomic E-state index is 5.92. The summed E-state index contributed by atoms with van der Waals surface area (Å²) in [6, 6.07) is 4.92. The van der Waals surface area contributed by atoms with Crippen LogP contribution < -0.4 is 16.3 Å². The summed E-state index contributed by atoms with van der Waals surface area (Å²) in [5.41, 5.74) is 14.1. The van der Waals surface area contributed by atoms with Gasteiger partial charge in [0.15, 0.2) is 5.75 Å². The summed E-state index contributed by atoms with van der Waals surface area (Å²) in [5.74, 6) is 1.07. The third kappa shape index (κ3) is 3.23. The van der Waals surface area contributed by atoms with Crippen molar-refractivity contribution in [3.63, 3.8) is 0 Å². The van der Waals surface area contributed by atoms with Crippen LogP contribution in [0.3, 0.4) is 0 Å². The first kappa shape index (κ1) is 14.9. The van der Waals surface area contributed by atoms with Gasteiger partial charge >= 0.3 is 0 Å². The summed E-state index contributed by atoms with van der Waals surface area (Å²) in [5, 5.41) is 5.14. The minimum Gasteiger partial charge on any atom is -0.383 e. The third-order valence-electron chi connectivity index (χ3n) is 3.29. The number of hydrogen-bond acceptors (Lipinski definition) is 6. The van der Waals surface area contributed by atoms with Crippen LogP contribution in [-0.4, -0.2) is 15.7 Å². The van der Waals surface area contributed by atoms with Crippen LogP contribution in [0.1, 0.15) is 17.7 Å². The maximum Gasteiger partial charge on any atom is 0.222 e. The van der Waals surface area contributed by atoms with Gasteiger partial charge in [-0.05, 0) is 18.9 Å². The molecule has 0 amide bonds. The van der Waals surface area contributed by atoms with Crippen LogP contribution in [0.5, 0.6) is 5.75 Å². The molecule has 0 saturated heterocycles. The maximum absolute atomic E-state index is 5.92. The van der Waals surface area contributed by atoms with Crippen molar-refractivity contribution < 1.29 is 4.84 Å². The quantitative estimate of drug-likeness (QED) is 0.820. The number of aryl methyl sites for hydroxylation is 1. The number of aromatic nitrogens is 2. The third-order valence-corrected chi connectivity index (χ3v) is 3.73. The van der Waals surface area contributed by atoms with Crippen molar-refractivity contribution in [3.8, 4) is 5.75 Å². The Morgan fingerprint density at radius 3 is 2.50 bits per heavy atom. The van der Waals surface area contributed by atoms with Crippen molar-refractivity contribution in [2.75, 3.05) is 11.5 Å². The monoisotopic (exact) mass is 337 g/mol. The molecule has 1 aliphatic rings. The second-order valence-corrected chi connectivity index (χ2v) is 5.80. The number of hydrogen-bond donors (Lipinski definition) is 2. The number of fused-ring (bicyclic) bond motifs is 1. The van der Waals surface area contributed by atoms with E-state index in [1.807, 2.05) is 0 Å². The van der Waals surface area contributed by atoms with E-state index in [1.54, 1.807) is 18.2 Å². The number of benzene rings is 1. The Labute approximate surface area is 137 Å². The second-order valence-electron chi connectivity index (χ2n) is 4.92. The van der Waals surface area contributed by atoms with Crippen molar-refractivity contribution in [1.29, 1.82) is 0 Å². The molecule has 2 aromatic rings. The van der Waals surface area contributed by atoms with E-state index in [4.69, 9.17) is 39.5 Å². The Bertz CT molecular complexity index is 743. The Hall–Kier alpha value is -2.05. The normalized spacial score (nSPS) is 15.6. The fraction of sp³-hybridized carbons (Fsp3) is 0.214. The van der Waals surface area contributed by atoms with Crippen LogP contribution in [0.25, 0.3) is 0 Å². The van der Waals surface area contributed by atoms with E-state index < -0.39 is 0 Å². The summed E-state index contributed by atoms with van der Waals surface area (Å²) >= 11 is 11.8. The number of nitrogens with two attached hydrogens (primary N) is 2. The fourth-order valence-corrected chi connectivity index (χ4v) is 2.81. The first-order valence-corrected chi connectivity index (χ1v) is 7.36. The average molecular weight is 338 g/mol. The highest BCUT2D eigenvalue weighted by molar-refractivity contribution is 6.34. The van der Waals surface area contributed by atoms with Crippen LogP contribution in [-0.2, 0) is 12.8 Å². The molecule has 0 atom stereocenters. The number of anilines is 2. The molecule has 0 radical (unpaired) electrons. The highest BCUT2D eigenvalue weighted by Gasteiger charge is 2.20. The van der Waals surface area contributed by atoms with E-state index in [2.05, 4.69) is 15.1 Å². The standard InChI is InChI=1S/C14H13Cl2N5O/c15-7-3-8(16)5-10(4-7)22-21-9-1-2-12-11(6-9)13(17)20-14(18)19-12/h3-5H,1-2,6H2,(H4,17,18,19,20)/b21-9-. The van der Waals surface area contributed by atoms with E-state index in [9.17, 15) is 0 Å². The highest BCUT2D eigenvalue weighted by atomic mass is 35.5. The number of rotatable bonds is 2. The predicted molar refractivity (Wildman–Crippen MR) is 87.4 cm³/mol. The van der Waals surface area contributed by atoms with Gasteiger partial charge in [0, 0.05) is 34.2 Å². The summed E-state index contributed by atoms with van der Waals surface area (Å²) in [4.78, 5) is 13.6. The molecule has 1 heterocycles. The number of nitrogens with zero attached hydrogens (tertiary/aromatic N) is 3. The Morgan fingerprint density at radius 2 is 1.77 bits per heavy atom. The van der Waals surface area contributed by atoms with E-state index in [-0.39, 0.29) is 5.95 Å². The zero-order valence-electron chi connectivity index (χ0n) is 11.5. The lowest BCUT2D eigenvalue weighted by atomic mass is 9.95. The van der Waals surface area contributed by atoms with E-state index in [0.717, 1.165) is 23.4 Å². The van der Waals surface area contributed by atoms with Gasteiger partial charge in [-0.1, -0.05) is 28.4 Å². The van der Waals surface area contributed by atoms with Crippen molar-refractivity contribution in [3.05, 3.63) is 39.5 Å². The lowest BCUT2D eigenvalue weighted by Crippen LogP contribution is -2.19. The molecule has 1 aromatic carbocycles. The van der Waals surface area contributed by atoms with Crippen LogP contribution >= 0.6 is 23.2 Å². The van der Waals surface area contributed by atoms with E-state index >= 15 is 0 Å². The molecule has 3 rings (SSSR count). The molecule has 0 fully saturated rings. The van der Waals surface area contributed by atoms with Crippen LogP contribution in [0.4, 0.5) is 11.8 Å². The molecule has 22 heavy (non-hydrogen) atoms. The summed E-state index contributed by atoms with van der Waals surface area (Å²) in [6.45, 7) is 0. The van der Waals surface area contributed by atoms with Crippen molar-refractivity contribution >= 4 is 40.7 Å². The molecule has 0 spiro atoms. The minimum atomic E-state index is 0.196. The van der Waals surface area contributed by atoms with Gasteiger partial charge < -0.3 is 16.3 Å². The molecule has 0 saturated carbocycles. The van der Waals surface area contributed by atoms with Gasteiger partial charge in [-0.3, -0.25) is 0 Å². The van der Waals surface area contributed by atoms with Gasteiger partial charge in [0.25, 0.3) is 0 Å². The Kier molecular flexibility index (Phi) is 4.04. The van der Waals surface area contributed by atoms with Crippen molar-refractivity contribution in [2.45, 2.75) is 19.3 Å². The van der Waals surface area contributed by atoms with Gasteiger partial charge in [-0.2, -0.15) is 4.98 Å². The van der Waals surface area contributed by atoms with E-state index in [1.165, 1.54) is 0 Å². The largest absolute Gasteiger partial charge is 0.383 e. The molecule has 114 valence electrons. The van der Waals surface area contributed by atoms with Gasteiger partial charge in [0.1, 0.15) is 5.82 Å². The van der Waals surface area contributed by atoms with Crippen LogP contribution in [0.15, 0.2) is 23.4 Å². The SMILES string of the molecule is Nc1nc(N)c2c(n1)CC/C(=N/Oc1cc(Cl)cc(Cl)c1)C2. The number of nitrogen functional groups attached to an aromatic ring is 2. The number of halogens is 2. The zero-order valence-corrected chi connectivity index (χ0v) is 13.0.